The van der Waals surface area contributed by atoms with E-state index in [2.05, 4.69) is 30.3 Å². The molecule has 19 heavy (non-hydrogen) atoms. The van der Waals surface area contributed by atoms with Crippen molar-refractivity contribution in [3.05, 3.63) is 65.2 Å². The second-order valence-corrected chi connectivity index (χ2v) is 5.13. The van der Waals surface area contributed by atoms with Gasteiger partial charge in [-0.3, -0.25) is 0 Å². The van der Waals surface area contributed by atoms with E-state index in [1.807, 2.05) is 18.2 Å². The molecule has 2 heteroatoms. The monoisotopic (exact) mass is 253 g/mol. The maximum absolute atomic E-state index is 6.17. The molecule has 0 spiro atoms. The molecule has 0 amide bonds. The summed E-state index contributed by atoms with van der Waals surface area (Å²) in [7, 11) is 0. The van der Waals surface area contributed by atoms with E-state index in [9.17, 15) is 0 Å². The van der Waals surface area contributed by atoms with E-state index in [-0.39, 0.29) is 6.04 Å². The van der Waals surface area contributed by atoms with E-state index < -0.39 is 0 Å². The summed E-state index contributed by atoms with van der Waals surface area (Å²) in [6.45, 7) is 0.606. The number of rotatable bonds is 3. The molecule has 1 unspecified atom stereocenters. The van der Waals surface area contributed by atoms with Crippen molar-refractivity contribution >= 4 is 0 Å². The predicted octanol–water partition coefficient (Wildman–Crippen LogP) is 3.60. The van der Waals surface area contributed by atoms with Gasteiger partial charge in [-0.25, -0.2) is 0 Å². The van der Waals surface area contributed by atoms with E-state index in [0.29, 0.717) is 6.61 Å². The molecule has 2 aromatic carbocycles. The van der Waals surface area contributed by atoms with Crippen molar-refractivity contribution in [1.29, 1.82) is 0 Å². The summed E-state index contributed by atoms with van der Waals surface area (Å²) in [5, 5.41) is 0. The van der Waals surface area contributed by atoms with E-state index in [0.717, 1.165) is 18.6 Å². The van der Waals surface area contributed by atoms with E-state index in [4.69, 9.17) is 10.5 Å². The molecule has 0 saturated heterocycles. The first kappa shape index (κ1) is 12.2. The van der Waals surface area contributed by atoms with E-state index in [1.165, 1.54) is 23.1 Å². The average molecular weight is 253 g/mol. The number of fused-ring (bicyclic) bond motifs is 1. The molecule has 0 heterocycles. The van der Waals surface area contributed by atoms with Crippen molar-refractivity contribution < 1.29 is 4.74 Å². The van der Waals surface area contributed by atoms with Gasteiger partial charge in [-0.2, -0.15) is 0 Å². The molecular formula is C17H19NO. The fraction of sp³-hybridized carbons (Fsp3) is 0.294. The Morgan fingerprint density at radius 3 is 2.79 bits per heavy atom. The highest BCUT2D eigenvalue weighted by Crippen LogP contribution is 2.31. The number of benzene rings is 2. The summed E-state index contributed by atoms with van der Waals surface area (Å²) in [4.78, 5) is 0. The number of ether oxygens (including phenoxy) is 1. The predicted molar refractivity (Wildman–Crippen MR) is 77.1 cm³/mol. The Bertz CT molecular complexity index is 550. The highest BCUT2D eigenvalue weighted by atomic mass is 16.5. The zero-order valence-electron chi connectivity index (χ0n) is 11.0. The quantitative estimate of drug-likeness (QED) is 0.907. The summed E-state index contributed by atoms with van der Waals surface area (Å²) in [6, 6.07) is 16.7. The minimum Gasteiger partial charge on any atom is -0.489 e. The normalized spacial score (nSPS) is 17.8. The topological polar surface area (TPSA) is 35.2 Å². The SMILES string of the molecule is NC1CCCc2ccc(OCc3ccccc3)cc21. The van der Waals surface area contributed by atoms with Gasteiger partial charge in [-0.15, -0.1) is 0 Å². The van der Waals surface area contributed by atoms with Crippen LogP contribution < -0.4 is 10.5 Å². The maximum Gasteiger partial charge on any atom is 0.120 e. The summed E-state index contributed by atoms with van der Waals surface area (Å²) in [5.41, 5.74) is 9.99. The van der Waals surface area contributed by atoms with Gasteiger partial charge in [-0.1, -0.05) is 36.4 Å². The third-order valence-electron chi connectivity index (χ3n) is 3.73. The minimum atomic E-state index is 0.170. The van der Waals surface area contributed by atoms with Crippen LogP contribution in [0.3, 0.4) is 0 Å². The van der Waals surface area contributed by atoms with Crippen molar-refractivity contribution in [2.45, 2.75) is 31.9 Å². The molecule has 1 atom stereocenters. The van der Waals surface area contributed by atoms with Gasteiger partial charge in [0.1, 0.15) is 12.4 Å². The molecule has 0 radical (unpaired) electrons. The summed E-state index contributed by atoms with van der Waals surface area (Å²) >= 11 is 0. The Morgan fingerprint density at radius 2 is 1.95 bits per heavy atom. The van der Waals surface area contributed by atoms with Crippen LogP contribution in [0.15, 0.2) is 48.5 Å². The summed E-state index contributed by atoms with van der Waals surface area (Å²) in [6.07, 6.45) is 3.41. The van der Waals surface area contributed by atoms with Crippen LogP contribution in [0.4, 0.5) is 0 Å². The molecule has 0 aromatic heterocycles. The number of hydrogen-bond acceptors (Lipinski definition) is 2. The van der Waals surface area contributed by atoms with Crippen LogP contribution in [0.5, 0.6) is 5.75 Å². The van der Waals surface area contributed by atoms with Crippen molar-refractivity contribution in [3.63, 3.8) is 0 Å². The molecule has 0 bridgehead atoms. The van der Waals surface area contributed by atoms with E-state index in [1.54, 1.807) is 0 Å². The fourth-order valence-corrected chi connectivity index (χ4v) is 2.64. The van der Waals surface area contributed by atoms with Gasteiger partial charge < -0.3 is 10.5 Å². The number of aryl methyl sites for hydroxylation is 1. The van der Waals surface area contributed by atoms with Crippen molar-refractivity contribution in [1.82, 2.24) is 0 Å². The zero-order valence-corrected chi connectivity index (χ0v) is 11.0. The average Bonchev–Trinajstić information content (AvgIpc) is 2.47. The lowest BCUT2D eigenvalue weighted by Gasteiger charge is -2.22. The third kappa shape index (κ3) is 2.79. The molecule has 1 aliphatic carbocycles. The first-order chi connectivity index (χ1) is 9.33. The van der Waals surface area contributed by atoms with Crippen molar-refractivity contribution in [3.8, 4) is 5.75 Å². The fourth-order valence-electron chi connectivity index (χ4n) is 2.64. The Morgan fingerprint density at radius 1 is 1.11 bits per heavy atom. The first-order valence-corrected chi connectivity index (χ1v) is 6.88. The molecule has 2 aromatic rings. The Kier molecular flexibility index (Phi) is 3.51. The van der Waals surface area contributed by atoms with Gasteiger partial charge in [-0.05, 0) is 48.1 Å². The Hall–Kier alpha value is -1.80. The first-order valence-electron chi connectivity index (χ1n) is 6.88. The van der Waals surface area contributed by atoms with Crippen LogP contribution in [0, 0.1) is 0 Å². The van der Waals surface area contributed by atoms with Crippen LogP contribution >= 0.6 is 0 Å². The molecule has 2 nitrogen and oxygen atoms in total. The van der Waals surface area contributed by atoms with Crippen molar-refractivity contribution in [2.24, 2.45) is 5.73 Å². The largest absolute Gasteiger partial charge is 0.489 e. The third-order valence-corrected chi connectivity index (χ3v) is 3.73. The molecular weight excluding hydrogens is 234 g/mol. The zero-order chi connectivity index (χ0) is 13.1. The van der Waals surface area contributed by atoms with Crippen LogP contribution in [-0.2, 0) is 13.0 Å². The van der Waals surface area contributed by atoms with Gasteiger partial charge in [0, 0.05) is 6.04 Å². The van der Waals surface area contributed by atoms with Gasteiger partial charge in [0.05, 0.1) is 0 Å². The summed E-state index contributed by atoms with van der Waals surface area (Å²) in [5.74, 6) is 0.917. The lowest BCUT2D eigenvalue weighted by atomic mass is 9.88. The maximum atomic E-state index is 6.17. The minimum absolute atomic E-state index is 0.170. The highest BCUT2D eigenvalue weighted by molar-refractivity contribution is 5.39. The van der Waals surface area contributed by atoms with E-state index >= 15 is 0 Å². The molecule has 0 saturated carbocycles. The lowest BCUT2D eigenvalue weighted by molar-refractivity contribution is 0.305. The highest BCUT2D eigenvalue weighted by Gasteiger charge is 2.17. The summed E-state index contributed by atoms with van der Waals surface area (Å²) < 4.78 is 5.85. The van der Waals surface area contributed by atoms with Crippen LogP contribution in [0.2, 0.25) is 0 Å². The lowest BCUT2D eigenvalue weighted by Crippen LogP contribution is -2.17. The Balaban J connectivity index is 1.74. The standard InChI is InChI=1S/C17H19NO/c18-17-8-4-7-14-9-10-15(11-16(14)17)19-12-13-5-2-1-3-6-13/h1-3,5-6,9-11,17H,4,7-8,12,18H2. The molecule has 1 aliphatic rings. The molecule has 98 valence electrons. The number of hydrogen-bond donors (Lipinski definition) is 1. The van der Waals surface area contributed by atoms with Crippen LogP contribution in [-0.4, -0.2) is 0 Å². The van der Waals surface area contributed by atoms with Crippen LogP contribution in [0.25, 0.3) is 0 Å². The van der Waals surface area contributed by atoms with Gasteiger partial charge >= 0.3 is 0 Å². The van der Waals surface area contributed by atoms with Gasteiger partial charge in [0.25, 0.3) is 0 Å². The number of nitrogens with two attached hydrogens (primary N) is 1. The molecule has 0 fully saturated rings. The molecule has 0 aliphatic heterocycles. The Labute approximate surface area is 114 Å². The van der Waals surface area contributed by atoms with Crippen molar-refractivity contribution in [2.75, 3.05) is 0 Å². The smallest absolute Gasteiger partial charge is 0.120 e. The van der Waals surface area contributed by atoms with Crippen LogP contribution in [0.1, 0.15) is 35.6 Å². The molecule has 2 N–H and O–H groups in total. The molecule has 3 rings (SSSR count). The van der Waals surface area contributed by atoms with Gasteiger partial charge in [0.15, 0.2) is 0 Å². The van der Waals surface area contributed by atoms with Gasteiger partial charge in [0.2, 0.25) is 0 Å². The second-order valence-electron chi connectivity index (χ2n) is 5.13. The second kappa shape index (κ2) is 5.45.